The van der Waals surface area contributed by atoms with Crippen LogP contribution in [0.3, 0.4) is 0 Å². The van der Waals surface area contributed by atoms with Gasteiger partial charge in [-0.15, -0.1) is 0 Å². The van der Waals surface area contributed by atoms with E-state index in [1.807, 2.05) is 22.8 Å². The van der Waals surface area contributed by atoms with Gasteiger partial charge in [-0.3, -0.25) is 19.3 Å². The van der Waals surface area contributed by atoms with Crippen LogP contribution in [0.2, 0.25) is 0 Å². The molecule has 0 unspecified atom stereocenters. The molecule has 2 N–H and O–H groups in total. The van der Waals surface area contributed by atoms with E-state index in [-0.39, 0.29) is 29.0 Å². The Bertz CT molecular complexity index is 1500. The number of carbonyl (C=O) groups excluding carboxylic acids is 2. The van der Waals surface area contributed by atoms with E-state index >= 15 is 0 Å². The van der Waals surface area contributed by atoms with Gasteiger partial charge in [-0.1, -0.05) is 18.2 Å². The van der Waals surface area contributed by atoms with Crippen LogP contribution in [0.1, 0.15) is 34.8 Å². The molecule has 4 heterocycles. The van der Waals surface area contributed by atoms with Crippen molar-refractivity contribution in [2.75, 3.05) is 61.5 Å². The standard InChI is InChI=1S/C31H34FN5O4/c32-24-4-1-2-5-25(24)34-31(40)22-8-9-28(26(17-22)33-29(38)10-11-35-12-14-41-15-13-35)36-18-21-16-23(20-36)27-6-3-7-30(39)37(27)19-21/h1-9,17,21,23H,10-16,18-20H2,(H,33,38)(H,34,40)/t21-,23+/m1/s1. The lowest BCUT2D eigenvalue weighted by atomic mass is 9.83. The highest BCUT2D eigenvalue weighted by Crippen LogP contribution is 2.39. The number of rotatable bonds is 7. The fraction of sp³-hybridized carbons (Fsp3) is 0.387. The number of amides is 2. The van der Waals surface area contributed by atoms with Crippen LogP contribution in [-0.4, -0.2) is 67.2 Å². The van der Waals surface area contributed by atoms with Crippen LogP contribution in [0, 0.1) is 11.7 Å². The van der Waals surface area contributed by atoms with Crippen LogP contribution >= 0.6 is 0 Å². The van der Waals surface area contributed by atoms with E-state index in [1.54, 1.807) is 30.3 Å². The van der Waals surface area contributed by atoms with Crippen LogP contribution < -0.4 is 21.1 Å². The quantitative estimate of drug-likeness (QED) is 0.460. The maximum absolute atomic E-state index is 14.2. The average Bonchev–Trinajstić information content (AvgIpc) is 2.98. The fourth-order valence-electron chi connectivity index (χ4n) is 6.20. The molecule has 9 nitrogen and oxygen atoms in total. The summed E-state index contributed by atoms with van der Waals surface area (Å²) in [6.07, 6.45) is 1.32. The van der Waals surface area contributed by atoms with Crippen LogP contribution in [0.4, 0.5) is 21.5 Å². The van der Waals surface area contributed by atoms with Crippen molar-refractivity contribution in [3.8, 4) is 0 Å². The van der Waals surface area contributed by atoms with Gasteiger partial charge in [0.2, 0.25) is 5.91 Å². The van der Waals surface area contributed by atoms with Crippen molar-refractivity contribution in [3.63, 3.8) is 0 Å². The highest BCUT2D eigenvalue weighted by atomic mass is 19.1. The van der Waals surface area contributed by atoms with Crippen molar-refractivity contribution >= 4 is 28.9 Å². The number of morpholine rings is 1. The van der Waals surface area contributed by atoms with E-state index in [4.69, 9.17) is 4.74 Å². The Labute approximate surface area is 237 Å². The van der Waals surface area contributed by atoms with Crippen molar-refractivity contribution < 1.29 is 18.7 Å². The Hall–Kier alpha value is -4.02. The first-order valence-corrected chi connectivity index (χ1v) is 14.2. The lowest BCUT2D eigenvalue weighted by molar-refractivity contribution is -0.116. The van der Waals surface area contributed by atoms with E-state index in [1.165, 1.54) is 12.1 Å². The van der Waals surface area contributed by atoms with Gasteiger partial charge in [-0.05, 0) is 48.7 Å². The van der Waals surface area contributed by atoms with Crippen molar-refractivity contribution in [1.29, 1.82) is 0 Å². The second-order valence-electron chi connectivity index (χ2n) is 11.0. The van der Waals surface area contributed by atoms with Crippen molar-refractivity contribution in [2.45, 2.75) is 25.3 Å². The van der Waals surface area contributed by atoms with E-state index in [0.29, 0.717) is 50.5 Å². The SMILES string of the molecule is O=C(CCN1CCOCC1)Nc1cc(C(=O)Nc2ccccc2F)ccc1N1C[C@H]2C[C@@H](C1)c1cccc(=O)n1C2. The number of hydrogen-bond acceptors (Lipinski definition) is 6. The smallest absolute Gasteiger partial charge is 0.255 e. The molecule has 0 saturated carbocycles. The summed E-state index contributed by atoms with van der Waals surface area (Å²) >= 11 is 0. The number of hydrogen-bond donors (Lipinski definition) is 2. The average molecular weight is 560 g/mol. The van der Waals surface area contributed by atoms with Crippen LogP contribution in [-0.2, 0) is 16.1 Å². The molecule has 3 aliphatic rings. The van der Waals surface area contributed by atoms with Gasteiger partial charge in [-0.2, -0.15) is 0 Å². The number of piperidine rings is 1. The molecule has 2 bridgehead atoms. The summed E-state index contributed by atoms with van der Waals surface area (Å²) in [6, 6.07) is 16.7. The predicted molar refractivity (Wildman–Crippen MR) is 155 cm³/mol. The lowest BCUT2D eigenvalue weighted by Gasteiger charge is -2.44. The van der Waals surface area contributed by atoms with Crippen molar-refractivity contribution in [1.82, 2.24) is 9.47 Å². The van der Waals surface area contributed by atoms with Crippen LogP contribution in [0.15, 0.2) is 65.5 Å². The van der Waals surface area contributed by atoms with Gasteiger partial charge < -0.3 is 24.8 Å². The molecule has 3 aromatic rings. The Morgan fingerprint density at radius 2 is 1.76 bits per heavy atom. The van der Waals surface area contributed by atoms with Gasteiger partial charge in [0.15, 0.2) is 0 Å². The summed E-state index contributed by atoms with van der Waals surface area (Å²) in [5, 5.41) is 5.70. The summed E-state index contributed by atoms with van der Waals surface area (Å²) in [7, 11) is 0. The van der Waals surface area contributed by atoms with Gasteiger partial charge in [0.25, 0.3) is 11.5 Å². The molecule has 10 heteroatoms. The lowest BCUT2D eigenvalue weighted by Crippen LogP contribution is -2.47. The zero-order valence-electron chi connectivity index (χ0n) is 22.9. The van der Waals surface area contributed by atoms with Crippen LogP contribution in [0.25, 0.3) is 0 Å². The molecule has 214 valence electrons. The summed E-state index contributed by atoms with van der Waals surface area (Å²) in [4.78, 5) is 43.2. The second-order valence-corrected chi connectivity index (χ2v) is 11.0. The third-order valence-electron chi connectivity index (χ3n) is 8.23. The molecule has 2 atom stereocenters. The highest BCUT2D eigenvalue weighted by molar-refractivity contribution is 6.06. The van der Waals surface area contributed by atoms with Gasteiger partial charge in [0.1, 0.15) is 5.82 Å². The second kappa shape index (κ2) is 11.8. The number of nitrogens with zero attached hydrogens (tertiary/aromatic N) is 3. The molecular formula is C31H34FN5O4. The minimum atomic E-state index is -0.520. The molecule has 2 aromatic carbocycles. The minimum absolute atomic E-state index is 0.0316. The molecule has 0 spiro atoms. The summed E-state index contributed by atoms with van der Waals surface area (Å²) in [6.45, 7) is 5.63. The number of pyridine rings is 1. The van der Waals surface area contributed by atoms with Gasteiger partial charge in [0, 0.05) is 68.9 Å². The molecule has 2 fully saturated rings. The molecule has 2 saturated heterocycles. The minimum Gasteiger partial charge on any atom is -0.379 e. The Morgan fingerprint density at radius 3 is 2.59 bits per heavy atom. The number of fused-ring (bicyclic) bond motifs is 4. The summed E-state index contributed by atoms with van der Waals surface area (Å²) in [5.74, 6) is -0.651. The molecule has 6 rings (SSSR count). The molecule has 1 aromatic heterocycles. The normalized spacial score (nSPS) is 20.3. The van der Waals surface area contributed by atoms with Crippen LogP contribution in [0.5, 0.6) is 0 Å². The van der Waals surface area contributed by atoms with Crippen molar-refractivity contribution in [3.05, 3.63) is 88.1 Å². The number of ether oxygens (including phenoxy) is 1. The molecular weight excluding hydrogens is 525 g/mol. The van der Waals surface area contributed by atoms with E-state index in [2.05, 4.69) is 20.4 Å². The zero-order valence-corrected chi connectivity index (χ0v) is 22.9. The number of halogens is 1. The molecule has 3 aliphatic heterocycles. The Kier molecular flexibility index (Phi) is 7.84. The molecule has 0 radical (unpaired) electrons. The Morgan fingerprint density at radius 1 is 0.927 bits per heavy atom. The van der Waals surface area contributed by atoms with Crippen molar-refractivity contribution in [2.24, 2.45) is 5.92 Å². The summed E-state index contributed by atoms with van der Waals surface area (Å²) < 4.78 is 21.5. The maximum Gasteiger partial charge on any atom is 0.255 e. The Balaban J connectivity index is 1.25. The third kappa shape index (κ3) is 6.03. The number of carbonyl (C=O) groups is 2. The van der Waals surface area contributed by atoms with Gasteiger partial charge in [-0.25, -0.2) is 4.39 Å². The monoisotopic (exact) mass is 559 g/mol. The zero-order chi connectivity index (χ0) is 28.3. The number of aromatic nitrogens is 1. The highest BCUT2D eigenvalue weighted by Gasteiger charge is 2.35. The van der Waals surface area contributed by atoms with E-state index in [0.717, 1.165) is 37.4 Å². The van der Waals surface area contributed by atoms with E-state index < -0.39 is 11.7 Å². The molecule has 41 heavy (non-hydrogen) atoms. The van der Waals surface area contributed by atoms with Gasteiger partial charge >= 0.3 is 0 Å². The first kappa shape index (κ1) is 27.2. The van der Waals surface area contributed by atoms with Gasteiger partial charge in [0.05, 0.1) is 30.3 Å². The third-order valence-corrected chi connectivity index (χ3v) is 8.23. The number of para-hydroxylation sites is 1. The topological polar surface area (TPSA) is 95.9 Å². The molecule has 2 amide bonds. The largest absolute Gasteiger partial charge is 0.379 e. The first-order valence-electron chi connectivity index (χ1n) is 14.2. The number of anilines is 3. The maximum atomic E-state index is 14.2. The fourth-order valence-corrected chi connectivity index (χ4v) is 6.20. The molecule has 0 aliphatic carbocycles. The first-order chi connectivity index (χ1) is 19.9. The predicted octanol–water partition coefficient (Wildman–Crippen LogP) is 3.52. The number of nitrogens with one attached hydrogen (secondary N) is 2. The number of benzene rings is 2. The van der Waals surface area contributed by atoms with E-state index in [9.17, 15) is 18.8 Å². The summed E-state index contributed by atoms with van der Waals surface area (Å²) in [5.41, 5.74) is 2.85.